The number of ether oxygens (including phenoxy) is 1. The number of carbonyl (C=O) groups is 1. The van der Waals surface area contributed by atoms with E-state index < -0.39 is 5.41 Å². The normalized spacial score (nSPS) is 15.0. The molecule has 0 unspecified atom stereocenters. The number of benzene rings is 2. The second-order valence-electron chi connectivity index (χ2n) is 7.27. The fourth-order valence-electron chi connectivity index (χ4n) is 3.79. The molecule has 146 valence electrons. The number of hydrogen-bond acceptors (Lipinski definition) is 3. The highest BCUT2D eigenvalue weighted by molar-refractivity contribution is 6.30. The van der Waals surface area contributed by atoms with Gasteiger partial charge >= 0.3 is 0 Å². The average molecular weight is 397 g/mol. The second kappa shape index (κ2) is 9.12. The minimum atomic E-state index is -0.548. The summed E-state index contributed by atoms with van der Waals surface area (Å²) < 4.78 is 5.68. The zero-order valence-electron chi connectivity index (χ0n) is 16.1. The molecule has 1 aliphatic rings. The Bertz CT molecular complexity index is 865. The van der Waals surface area contributed by atoms with Gasteiger partial charge in [-0.25, -0.2) is 0 Å². The maximum atomic E-state index is 13.3. The highest BCUT2D eigenvalue weighted by Gasteiger charge is 2.42. The first-order chi connectivity index (χ1) is 13.6. The lowest BCUT2D eigenvalue weighted by molar-refractivity contribution is -0.121. The summed E-state index contributed by atoms with van der Waals surface area (Å²) in [5, 5.41) is 13.1. The highest BCUT2D eigenvalue weighted by atomic mass is 35.5. The van der Waals surface area contributed by atoms with Crippen LogP contribution in [0.3, 0.4) is 0 Å². The molecule has 0 saturated heterocycles. The van der Waals surface area contributed by atoms with Crippen LogP contribution in [0.2, 0.25) is 5.02 Å². The zero-order valence-corrected chi connectivity index (χ0v) is 16.9. The summed E-state index contributed by atoms with van der Waals surface area (Å²) in [6, 6.07) is 15.0. The van der Waals surface area contributed by atoms with Gasteiger partial charge in [0.15, 0.2) is 0 Å². The van der Waals surface area contributed by atoms with Crippen molar-refractivity contribution in [2.45, 2.75) is 50.9 Å². The lowest BCUT2D eigenvalue weighted by Gasteiger charge is -2.28. The van der Waals surface area contributed by atoms with Gasteiger partial charge in [-0.1, -0.05) is 49.9 Å². The molecule has 0 radical (unpaired) electrons. The molecule has 1 amide bonds. The summed E-state index contributed by atoms with van der Waals surface area (Å²) in [7, 11) is 0. The molecule has 4 nitrogen and oxygen atoms in total. The van der Waals surface area contributed by atoms with Crippen LogP contribution >= 0.6 is 11.6 Å². The summed E-state index contributed by atoms with van der Waals surface area (Å²) in [5.41, 5.74) is 1.49. The maximum Gasteiger partial charge on any atom is 0.235 e. The zero-order chi connectivity index (χ0) is 20.0. The first-order valence-electron chi connectivity index (χ1n) is 9.83. The van der Waals surface area contributed by atoms with Crippen molar-refractivity contribution < 1.29 is 9.53 Å². The van der Waals surface area contributed by atoms with Crippen molar-refractivity contribution in [3.8, 4) is 11.8 Å². The lowest BCUT2D eigenvalue weighted by Crippen LogP contribution is -2.38. The van der Waals surface area contributed by atoms with E-state index in [1.165, 1.54) is 0 Å². The molecule has 0 aromatic heterocycles. The van der Waals surface area contributed by atoms with Crippen LogP contribution < -0.4 is 10.1 Å². The molecule has 1 fully saturated rings. The van der Waals surface area contributed by atoms with Crippen LogP contribution in [0.15, 0.2) is 42.5 Å². The van der Waals surface area contributed by atoms with Crippen LogP contribution in [0.25, 0.3) is 0 Å². The van der Waals surface area contributed by atoms with Crippen molar-refractivity contribution in [1.82, 2.24) is 0 Å². The van der Waals surface area contributed by atoms with Gasteiger partial charge < -0.3 is 10.1 Å². The largest absolute Gasteiger partial charge is 0.492 e. The van der Waals surface area contributed by atoms with Gasteiger partial charge in [-0.05, 0) is 55.2 Å². The molecule has 28 heavy (non-hydrogen) atoms. The van der Waals surface area contributed by atoms with Crippen LogP contribution in [0.1, 0.15) is 56.6 Å². The number of anilines is 1. The van der Waals surface area contributed by atoms with Gasteiger partial charge in [-0.15, -0.1) is 0 Å². The van der Waals surface area contributed by atoms with Gasteiger partial charge in [-0.3, -0.25) is 4.79 Å². The van der Waals surface area contributed by atoms with Gasteiger partial charge in [0.05, 0.1) is 17.6 Å². The maximum absolute atomic E-state index is 13.3. The van der Waals surface area contributed by atoms with Crippen molar-refractivity contribution in [2.75, 3.05) is 11.9 Å². The van der Waals surface area contributed by atoms with Gasteiger partial charge in [-0.2, -0.15) is 5.26 Å². The highest BCUT2D eigenvalue weighted by Crippen LogP contribution is 2.42. The van der Waals surface area contributed by atoms with E-state index in [0.717, 1.165) is 44.1 Å². The molecule has 0 spiro atoms. The van der Waals surface area contributed by atoms with Gasteiger partial charge in [0.2, 0.25) is 5.91 Å². The van der Waals surface area contributed by atoms with Crippen LogP contribution in [-0.4, -0.2) is 12.5 Å². The van der Waals surface area contributed by atoms with E-state index >= 15 is 0 Å². The summed E-state index contributed by atoms with van der Waals surface area (Å²) in [6.07, 6.45) is 5.62. The van der Waals surface area contributed by atoms with Crippen LogP contribution in [0.5, 0.6) is 5.75 Å². The SMILES string of the molecule is CCCCOc1ccc(NC(=O)C2(c3ccc(Cl)cc3)CCCC2)cc1C#N. The number of carbonyl (C=O) groups excluding carboxylic acids is 1. The molecule has 0 heterocycles. The molecule has 3 rings (SSSR count). The second-order valence-corrected chi connectivity index (χ2v) is 7.71. The van der Waals surface area contributed by atoms with Crippen molar-refractivity contribution in [2.24, 2.45) is 0 Å². The molecule has 1 aliphatic carbocycles. The molecule has 0 atom stereocenters. The van der Waals surface area contributed by atoms with Crippen molar-refractivity contribution in [3.63, 3.8) is 0 Å². The Hall–Kier alpha value is -2.51. The molecule has 1 N–H and O–H groups in total. The number of rotatable bonds is 7. The molecular weight excluding hydrogens is 372 g/mol. The van der Waals surface area contributed by atoms with E-state index in [2.05, 4.69) is 18.3 Å². The Morgan fingerprint density at radius 1 is 1.21 bits per heavy atom. The first-order valence-corrected chi connectivity index (χ1v) is 10.2. The van der Waals surface area contributed by atoms with Crippen molar-refractivity contribution in [3.05, 3.63) is 58.6 Å². The standard InChI is InChI=1S/C23H25ClN2O2/c1-2-3-14-28-21-11-10-20(15-17(21)16-25)26-22(27)23(12-4-5-13-23)18-6-8-19(24)9-7-18/h6-11,15H,2-5,12-14H2,1H3,(H,26,27). The molecule has 1 saturated carbocycles. The molecule has 0 aliphatic heterocycles. The lowest BCUT2D eigenvalue weighted by atomic mass is 9.78. The topological polar surface area (TPSA) is 62.1 Å². The smallest absolute Gasteiger partial charge is 0.235 e. The van der Waals surface area contributed by atoms with E-state index in [-0.39, 0.29) is 5.91 Å². The third-order valence-electron chi connectivity index (χ3n) is 5.40. The quantitative estimate of drug-likeness (QED) is 0.598. The van der Waals surface area contributed by atoms with Crippen molar-refractivity contribution >= 4 is 23.2 Å². The Balaban J connectivity index is 1.80. The van der Waals surface area contributed by atoms with E-state index in [0.29, 0.717) is 28.6 Å². The summed E-state index contributed by atoms with van der Waals surface area (Å²) in [4.78, 5) is 13.3. The fraction of sp³-hybridized carbons (Fsp3) is 0.391. The number of unbranched alkanes of at least 4 members (excludes halogenated alkanes) is 1. The third kappa shape index (κ3) is 4.31. The van der Waals surface area contributed by atoms with E-state index in [4.69, 9.17) is 16.3 Å². The Morgan fingerprint density at radius 3 is 2.57 bits per heavy atom. The monoisotopic (exact) mass is 396 g/mol. The minimum Gasteiger partial charge on any atom is -0.492 e. The first kappa shape index (κ1) is 20.2. The number of amides is 1. The van der Waals surface area contributed by atoms with Crippen molar-refractivity contribution in [1.29, 1.82) is 5.26 Å². The minimum absolute atomic E-state index is 0.0316. The van der Waals surface area contributed by atoms with E-state index in [9.17, 15) is 10.1 Å². The molecule has 0 bridgehead atoms. The fourth-order valence-corrected chi connectivity index (χ4v) is 3.92. The van der Waals surface area contributed by atoms with Gasteiger partial charge in [0.1, 0.15) is 11.8 Å². The third-order valence-corrected chi connectivity index (χ3v) is 5.65. The van der Waals surface area contributed by atoms with Crippen LogP contribution in [-0.2, 0) is 10.2 Å². The molecule has 2 aromatic rings. The molecular formula is C23H25ClN2O2. The number of nitrogens with one attached hydrogen (secondary N) is 1. The van der Waals surface area contributed by atoms with E-state index in [1.54, 1.807) is 18.2 Å². The van der Waals surface area contributed by atoms with Crippen LogP contribution in [0.4, 0.5) is 5.69 Å². The molecule has 5 heteroatoms. The number of nitriles is 1. The number of halogens is 1. The summed E-state index contributed by atoms with van der Waals surface area (Å²) >= 11 is 6.02. The Labute approximate surface area is 171 Å². The predicted molar refractivity (Wildman–Crippen MR) is 112 cm³/mol. The average Bonchev–Trinajstić information content (AvgIpc) is 3.21. The van der Waals surface area contributed by atoms with E-state index in [1.807, 2.05) is 24.3 Å². The van der Waals surface area contributed by atoms with Gasteiger partial charge in [0, 0.05) is 10.7 Å². The summed E-state index contributed by atoms with van der Waals surface area (Å²) in [6.45, 7) is 2.67. The predicted octanol–water partition coefficient (Wildman–Crippen LogP) is 5.84. The number of hydrogen-bond donors (Lipinski definition) is 1. The number of nitrogens with zero attached hydrogens (tertiary/aromatic N) is 1. The summed E-state index contributed by atoms with van der Waals surface area (Å²) in [5.74, 6) is 0.526. The Morgan fingerprint density at radius 2 is 1.93 bits per heavy atom. The molecule has 2 aromatic carbocycles. The van der Waals surface area contributed by atoms with Crippen LogP contribution in [0, 0.1) is 11.3 Å². The Kier molecular flexibility index (Phi) is 6.59. The van der Waals surface area contributed by atoms with Gasteiger partial charge in [0.25, 0.3) is 0 Å².